The molecule has 3 aromatic rings. The Kier molecular flexibility index (Phi) is 6.42. The highest BCUT2D eigenvalue weighted by atomic mass is 35.5. The fraction of sp³-hybridized carbons (Fsp3) is 0.350. The molecule has 32 heavy (non-hydrogen) atoms. The molecule has 1 aliphatic rings. The van der Waals surface area contributed by atoms with Crippen LogP contribution in [-0.2, 0) is 24.1 Å². The Labute approximate surface area is 196 Å². The molecule has 0 bridgehead atoms. The van der Waals surface area contributed by atoms with E-state index in [1.54, 1.807) is 18.2 Å². The molecule has 4 rings (SSSR count). The molecule has 0 atom stereocenters. The first kappa shape index (κ1) is 22.9. The largest absolute Gasteiger partial charge is 0.435 e. The van der Waals surface area contributed by atoms with Crippen molar-refractivity contribution >= 4 is 46.5 Å². The molecule has 0 unspecified atom stereocenters. The predicted octanol–water partition coefficient (Wildman–Crippen LogP) is 6.01. The van der Waals surface area contributed by atoms with Crippen molar-refractivity contribution in [1.29, 1.82) is 0 Å². The third-order valence-corrected chi connectivity index (χ3v) is 5.99. The van der Waals surface area contributed by atoms with Gasteiger partial charge in [-0.05, 0) is 31.0 Å². The minimum Gasteiger partial charge on any atom is -0.308 e. The fourth-order valence-corrected chi connectivity index (χ4v) is 3.98. The third-order valence-electron chi connectivity index (χ3n) is 5.00. The lowest BCUT2D eigenvalue weighted by Crippen LogP contribution is -2.17. The quantitative estimate of drug-likeness (QED) is 0.427. The summed E-state index contributed by atoms with van der Waals surface area (Å²) in [6.07, 6.45) is -1.46. The van der Waals surface area contributed by atoms with Gasteiger partial charge in [-0.15, -0.1) is 0 Å². The Balaban J connectivity index is 1.41. The van der Waals surface area contributed by atoms with E-state index in [9.17, 15) is 18.0 Å². The molecular weight excluding hydrogens is 490 g/mol. The maximum absolute atomic E-state index is 13.0. The Morgan fingerprint density at radius 1 is 1.12 bits per heavy atom. The standard InChI is InChI=1S/C20H17Cl3F3N5O/c21-13-2-1-3-14(22)12(13)9-30-10-15(23)19(29-30)27-18(32)6-7-31-16(11-4-5-11)8-17(28-31)20(24,25)26/h1-3,8,10-11H,4-7,9H2,(H,27,29,32). The zero-order valence-corrected chi connectivity index (χ0v) is 18.7. The van der Waals surface area contributed by atoms with Crippen LogP contribution in [0.4, 0.5) is 19.0 Å². The summed E-state index contributed by atoms with van der Waals surface area (Å²) >= 11 is 18.5. The SMILES string of the molecule is O=C(CCn1nc(C(F)(F)F)cc1C1CC1)Nc1nn(Cc2c(Cl)cccc2Cl)cc1Cl. The zero-order valence-electron chi connectivity index (χ0n) is 16.5. The number of benzene rings is 1. The van der Waals surface area contributed by atoms with E-state index in [0.29, 0.717) is 21.3 Å². The van der Waals surface area contributed by atoms with Crippen molar-refractivity contribution in [1.82, 2.24) is 19.6 Å². The van der Waals surface area contributed by atoms with Crippen LogP contribution < -0.4 is 5.32 Å². The number of nitrogens with one attached hydrogen (secondary N) is 1. The normalized spacial score (nSPS) is 14.1. The molecule has 1 amide bonds. The molecule has 2 aromatic heterocycles. The molecule has 1 aromatic carbocycles. The molecule has 1 aliphatic carbocycles. The third kappa shape index (κ3) is 5.22. The minimum atomic E-state index is -4.53. The van der Waals surface area contributed by atoms with E-state index in [-0.39, 0.29) is 36.3 Å². The van der Waals surface area contributed by atoms with Crippen molar-refractivity contribution in [2.75, 3.05) is 5.32 Å². The number of hydrogen-bond donors (Lipinski definition) is 1. The van der Waals surface area contributed by atoms with Crippen LogP contribution in [-0.4, -0.2) is 25.5 Å². The topological polar surface area (TPSA) is 64.7 Å². The predicted molar refractivity (Wildman–Crippen MR) is 115 cm³/mol. The summed E-state index contributed by atoms with van der Waals surface area (Å²) in [6, 6.07) is 6.19. The van der Waals surface area contributed by atoms with Crippen molar-refractivity contribution < 1.29 is 18.0 Å². The number of aryl methyl sites for hydroxylation is 1. The first-order valence-electron chi connectivity index (χ1n) is 9.72. The van der Waals surface area contributed by atoms with Crippen LogP contribution in [0.15, 0.2) is 30.5 Å². The van der Waals surface area contributed by atoms with Gasteiger partial charge in [-0.25, -0.2) is 0 Å². The minimum absolute atomic E-state index is 0.0152. The summed E-state index contributed by atoms with van der Waals surface area (Å²) in [4.78, 5) is 12.4. The van der Waals surface area contributed by atoms with Crippen molar-refractivity contribution in [3.8, 4) is 0 Å². The number of hydrogen-bond acceptors (Lipinski definition) is 3. The Morgan fingerprint density at radius 3 is 2.44 bits per heavy atom. The second-order valence-electron chi connectivity index (χ2n) is 7.47. The second kappa shape index (κ2) is 8.96. The molecular formula is C20H17Cl3F3N5O. The molecule has 12 heteroatoms. The number of anilines is 1. The molecule has 0 radical (unpaired) electrons. The number of carbonyl (C=O) groups is 1. The van der Waals surface area contributed by atoms with Gasteiger partial charge in [0, 0.05) is 46.4 Å². The summed E-state index contributed by atoms with van der Waals surface area (Å²) < 4.78 is 41.8. The Hall–Kier alpha value is -2.23. The maximum Gasteiger partial charge on any atom is 0.435 e. The van der Waals surface area contributed by atoms with Gasteiger partial charge in [0.05, 0.1) is 6.54 Å². The van der Waals surface area contributed by atoms with E-state index in [0.717, 1.165) is 18.9 Å². The molecule has 2 heterocycles. The summed E-state index contributed by atoms with van der Waals surface area (Å²) in [7, 11) is 0. The van der Waals surface area contributed by atoms with Crippen LogP contribution >= 0.6 is 34.8 Å². The smallest absolute Gasteiger partial charge is 0.308 e. The van der Waals surface area contributed by atoms with Gasteiger partial charge in [0.1, 0.15) is 5.02 Å². The molecule has 0 aliphatic heterocycles. The number of carbonyl (C=O) groups excluding carboxylic acids is 1. The molecule has 0 saturated heterocycles. The van der Waals surface area contributed by atoms with Crippen molar-refractivity contribution in [3.05, 3.63) is 62.5 Å². The highest BCUT2D eigenvalue weighted by molar-refractivity contribution is 6.36. The number of nitrogens with zero attached hydrogens (tertiary/aromatic N) is 4. The van der Waals surface area contributed by atoms with Crippen molar-refractivity contribution in [2.45, 2.75) is 44.4 Å². The van der Waals surface area contributed by atoms with Crippen LogP contribution in [0.25, 0.3) is 0 Å². The number of alkyl halides is 3. The second-order valence-corrected chi connectivity index (χ2v) is 8.69. The average molecular weight is 507 g/mol. The number of aromatic nitrogens is 4. The Bertz CT molecular complexity index is 1130. The van der Waals surface area contributed by atoms with Gasteiger partial charge in [0.2, 0.25) is 5.91 Å². The molecule has 1 fully saturated rings. The van der Waals surface area contributed by atoms with Crippen LogP contribution in [0.1, 0.15) is 42.1 Å². The van der Waals surface area contributed by atoms with Gasteiger partial charge in [-0.3, -0.25) is 14.2 Å². The first-order valence-corrected chi connectivity index (χ1v) is 10.9. The highest BCUT2D eigenvalue weighted by Crippen LogP contribution is 2.42. The van der Waals surface area contributed by atoms with E-state index >= 15 is 0 Å². The summed E-state index contributed by atoms with van der Waals surface area (Å²) in [5, 5.41) is 11.6. The van der Waals surface area contributed by atoms with E-state index in [1.165, 1.54) is 15.6 Å². The Morgan fingerprint density at radius 2 is 1.81 bits per heavy atom. The lowest BCUT2D eigenvalue weighted by molar-refractivity contribution is -0.141. The summed E-state index contributed by atoms with van der Waals surface area (Å²) in [5.74, 6) is -0.249. The van der Waals surface area contributed by atoms with Gasteiger partial charge in [-0.1, -0.05) is 40.9 Å². The summed E-state index contributed by atoms with van der Waals surface area (Å²) in [6.45, 7) is 0.258. The van der Waals surface area contributed by atoms with Gasteiger partial charge >= 0.3 is 6.18 Å². The molecule has 1 saturated carbocycles. The molecule has 6 nitrogen and oxygen atoms in total. The monoisotopic (exact) mass is 505 g/mol. The zero-order chi connectivity index (χ0) is 23.0. The highest BCUT2D eigenvalue weighted by Gasteiger charge is 2.37. The molecule has 0 spiro atoms. The number of halogens is 6. The van der Waals surface area contributed by atoms with Gasteiger partial charge < -0.3 is 5.32 Å². The maximum atomic E-state index is 13.0. The number of amides is 1. The van der Waals surface area contributed by atoms with E-state index in [4.69, 9.17) is 34.8 Å². The van der Waals surface area contributed by atoms with Gasteiger partial charge in [-0.2, -0.15) is 23.4 Å². The average Bonchev–Trinajstić information content (AvgIpc) is 3.36. The van der Waals surface area contributed by atoms with Crippen molar-refractivity contribution in [3.63, 3.8) is 0 Å². The van der Waals surface area contributed by atoms with Crippen LogP contribution in [0.5, 0.6) is 0 Å². The van der Waals surface area contributed by atoms with Crippen LogP contribution in [0.3, 0.4) is 0 Å². The van der Waals surface area contributed by atoms with E-state index in [2.05, 4.69) is 15.5 Å². The molecule has 170 valence electrons. The first-order chi connectivity index (χ1) is 15.1. The van der Waals surface area contributed by atoms with Gasteiger partial charge in [0.25, 0.3) is 0 Å². The lowest BCUT2D eigenvalue weighted by Gasteiger charge is -2.08. The fourth-order valence-electron chi connectivity index (χ4n) is 3.27. The molecule has 1 N–H and O–H groups in total. The van der Waals surface area contributed by atoms with E-state index in [1.807, 2.05) is 0 Å². The van der Waals surface area contributed by atoms with Crippen molar-refractivity contribution in [2.24, 2.45) is 0 Å². The van der Waals surface area contributed by atoms with Crippen LogP contribution in [0.2, 0.25) is 15.1 Å². The van der Waals surface area contributed by atoms with Crippen LogP contribution in [0, 0.1) is 0 Å². The summed E-state index contributed by atoms with van der Waals surface area (Å²) in [5.41, 5.74) is 0.212. The lowest BCUT2D eigenvalue weighted by atomic mass is 10.2. The number of rotatable bonds is 7. The van der Waals surface area contributed by atoms with Gasteiger partial charge in [0.15, 0.2) is 11.5 Å². The van der Waals surface area contributed by atoms with E-state index < -0.39 is 17.8 Å².